The number of nitrogens with zero attached hydrogens (tertiary/aromatic N) is 2. The van der Waals surface area contributed by atoms with Crippen LogP contribution in [0.5, 0.6) is 5.75 Å². The van der Waals surface area contributed by atoms with Crippen molar-refractivity contribution in [1.82, 2.24) is 9.97 Å². The Morgan fingerprint density at radius 3 is 2.55 bits per heavy atom. The summed E-state index contributed by atoms with van der Waals surface area (Å²) in [7, 11) is 0. The van der Waals surface area contributed by atoms with E-state index in [0.29, 0.717) is 28.3 Å². The highest BCUT2D eigenvalue weighted by Crippen LogP contribution is 2.25. The fraction of sp³-hybridized carbons (Fsp3) is 0.0476. The Kier molecular flexibility index (Phi) is 4.90. The zero-order chi connectivity index (χ0) is 20.2. The number of imidazole rings is 1. The van der Waals surface area contributed by atoms with Gasteiger partial charge in [-0.05, 0) is 42.5 Å². The number of carbonyl (C=O) groups excluding carboxylic acids is 1. The van der Waals surface area contributed by atoms with E-state index in [1.54, 1.807) is 42.5 Å². The second kappa shape index (κ2) is 7.81. The molecular formula is C21H16N4O4. The molecule has 0 aliphatic heterocycles. The van der Waals surface area contributed by atoms with E-state index in [1.165, 1.54) is 12.1 Å². The number of hydrogen-bond donors (Lipinski definition) is 2. The summed E-state index contributed by atoms with van der Waals surface area (Å²) in [6.45, 7) is -0.109. The van der Waals surface area contributed by atoms with Crippen LogP contribution in [0.4, 0.5) is 11.4 Å². The molecule has 8 heteroatoms. The Hall–Kier alpha value is -4.20. The number of para-hydroxylation sites is 1. The van der Waals surface area contributed by atoms with Crippen LogP contribution in [-0.4, -0.2) is 27.4 Å². The molecule has 0 atom stereocenters. The lowest BCUT2D eigenvalue weighted by molar-refractivity contribution is -0.384. The van der Waals surface area contributed by atoms with Gasteiger partial charge >= 0.3 is 0 Å². The van der Waals surface area contributed by atoms with E-state index >= 15 is 0 Å². The standard InChI is InChI=1S/C21H16N4O4/c26-20(22-15-4-2-1-3-5-15)13-29-17-9-6-14(7-10-17)21-23-18-11-8-16(25(27)28)12-19(18)24-21/h1-12H,13H2,(H,22,26)(H,23,24). The van der Waals surface area contributed by atoms with Crippen LogP contribution >= 0.6 is 0 Å². The number of anilines is 1. The molecule has 0 radical (unpaired) electrons. The van der Waals surface area contributed by atoms with Gasteiger partial charge in [-0.3, -0.25) is 14.9 Å². The minimum atomic E-state index is -0.444. The summed E-state index contributed by atoms with van der Waals surface area (Å²) >= 11 is 0. The summed E-state index contributed by atoms with van der Waals surface area (Å²) in [4.78, 5) is 29.9. The molecule has 1 amide bonds. The van der Waals surface area contributed by atoms with Gasteiger partial charge in [0.15, 0.2) is 6.61 Å². The van der Waals surface area contributed by atoms with E-state index in [-0.39, 0.29) is 18.2 Å². The van der Waals surface area contributed by atoms with Gasteiger partial charge in [-0.2, -0.15) is 0 Å². The fourth-order valence-electron chi connectivity index (χ4n) is 2.82. The average Bonchev–Trinajstić information content (AvgIpc) is 3.17. The van der Waals surface area contributed by atoms with Crippen LogP contribution in [0.3, 0.4) is 0 Å². The lowest BCUT2D eigenvalue weighted by Gasteiger charge is -2.07. The Bertz CT molecular complexity index is 1170. The van der Waals surface area contributed by atoms with E-state index < -0.39 is 4.92 Å². The summed E-state index contributed by atoms with van der Waals surface area (Å²) in [5.41, 5.74) is 2.74. The van der Waals surface area contributed by atoms with Crippen LogP contribution in [0.2, 0.25) is 0 Å². The number of rotatable bonds is 6. The number of amides is 1. The summed E-state index contributed by atoms with van der Waals surface area (Å²) in [5.74, 6) is 0.886. The highest BCUT2D eigenvalue weighted by molar-refractivity contribution is 5.91. The Morgan fingerprint density at radius 2 is 1.83 bits per heavy atom. The smallest absolute Gasteiger partial charge is 0.271 e. The largest absolute Gasteiger partial charge is 0.484 e. The first-order valence-electron chi connectivity index (χ1n) is 8.81. The molecule has 4 aromatic rings. The van der Waals surface area contributed by atoms with Crippen molar-refractivity contribution in [3.05, 3.63) is 82.9 Å². The zero-order valence-electron chi connectivity index (χ0n) is 15.2. The van der Waals surface area contributed by atoms with Crippen LogP contribution in [0, 0.1) is 10.1 Å². The zero-order valence-corrected chi connectivity index (χ0v) is 15.2. The molecule has 1 heterocycles. The molecule has 0 aliphatic rings. The van der Waals surface area contributed by atoms with Gasteiger partial charge < -0.3 is 15.0 Å². The van der Waals surface area contributed by atoms with E-state index in [0.717, 1.165) is 5.56 Å². The van der Waals surface area contributed by atoms with Gasteiger partial charge in [0.25, 0.3) is 11.6 Å². The third-order valence-electron chi connectivity index (χ3n) is 4.23. The molecule has 0 fully saturated rings. The van der Waals surface area contributed by atoms with E-state index in [9.17, 15) is 14.9 Å². The van der Waals surface area contributed by atoms with Crippen molar-refractivity contribution in [3.63, 3.8) is 0 Å². The molecule has 0 saturated heterocycles. The topological polar surface area (TPSA) is 110 Å². The monoisotopic (exact) mass is 388 g/mol. The maximum atomic E-state index is 11.9. The molecule has 144 valence electrons. The van der Waals surface area contributed by atoms with Crippen LogP contribution in [0.15, 0.2) is 72.8 Å². The van der Waals surface area contributed by atoms with Crippen molar-refractivity contribution in [2.75, 3.05) is 11.9 Å². The van der Waals surface area contributed by atoms with Crippen LogP contribution in [0.25, 0.3) is 22.4 Å². The minimum absolute atomic E-state index is 0.00484. The van der Waals surface area contributed by atoms with E-state index in [2.05, 4.69) is 15.3 Å². The van der Waals surface area contributed by atoms with Crippen molar-refractivity contribution in [2.45, 2.75) is 0 Å². The van der Waals surface area contributed by atoms with Crippen LogP contribution in [-0.2, 0) is 4.79 Å². The second-order valence-corrected chi connectivity index (χ2v) is 6.27. The number of carbonyl (C=O) groups is 1. The van der Waals surface area contributed by atoms with Gasteiger partial charge in [-0.1, -0.05) is 18.2 Å². The van der Waals surface area contributed by atoms with Crippen molar-refractivity contribution < 1.29 is 14.5 Å². The average molecular weight is 388 g/mol. The summed E-state index contributed by atoms with van der Waals surface area (Å²) in [5, 5.41) is 13.6. The van der Waals surface area contributed by atoms with Crippen LogP contribution < -0.4 is 10.1 Å². The summed E-state index contributed by atoms with van der Waals surface area (Å²) in [6, 6.07) is 20.7. The van der Waals surface area contributed by atoms with Gasteiger partial charge in [0.05, 0.1) is 16.0 Å². The first kappa shape index (κ1) is 18.2. The second-order valence-electron chi connectivity index (χ2n) is 6.27. The van der Waals surface area contributed by atoms with Crippen molar-refractivity contribution >= 4 is 28.3 Å². The van der Waals surface area contributed by atoms with Gasteiger partial charge in [-0.25, -0.2) is 4.98 Å². The van der Waals surface area contributed by atoms with Gasteiger partial charge in [-0.15, -0.1) is 0 Å². The molecule has 2 N–H and O–H groups in total. The SMILES string of the molecule is O=C(COc1ccc(-c2nc3ccc([N+](=O)[O-])cc3[nH]2)cc1)Nc1ccccc1. The number of nitrogens with one attached hydrogen (secondary N) is 2. The highest BCUT2D eigenvalue weighted by atomic mass is 16.6. The molecule has 8 nitrogen and oxygen atoms in total. The van der Waals surface area contributed by atoms with Gasteiger partial charge in [0, 0.05) is 23.4 Å². The van der Waals surface area contributed by atoms with Crippen molar-refractivity contribution in [2.24, 2.45) is 0 Å². The number of benzene rings is 3. The fourth-order valence-corrected chi connectivity index (χ4v) is 2.82. The molecule has 0 spiro atoms. The molecular weight excluding hydrogens is 372 g/mol. The van der Waals surface area contributed by atoms with Crippen molar-refractivity contribution in [1.29, 1.82) is 0 Å². The van der Waals surface area contributed by atoms with Crippen LogP contribution in [0.1, 0.15) is 0 Å². The minimum Gasteiger partial charge on any atom is -0.484 e. The normalized spacial score (nSPS) is 10.6. The molecule has 29 heavy (non-hydrogen) atoms. The number of ether oxygens (including phenoxy) is 1. The maximum absolute atomic E-state index is 11.9. The van der Waals surface area contributed by atoms with E-state index in [1.807, 2.05) is 18.2 Å². The number of nitro benzene ring substituents is 1. The molecule has 0 aliphatic carbocycles. The number of fused-ring (bicyclic) bond motifs is 1. The Morgan fingerprint density at radius 1 is 1.07 bits per heavy atom. The number of aromatic amines is 1. The number of aromatic nitrogens is 2. The number of hydrogen-bond acceptors (Lipinski definition) is 5. The Balaban J connectivity index is 1.42. The number of non-ortho nitro benzene ring substituents is 1. The quantitative estimate of drug-likeness (QED) is 0.381. The van der Waals surface area contributed by atoms with Gasteiger partial charge in [0.1, 0.15) is 11.6 Å². The number of H-pyrrole nitrogens is 1. The van der Waals surface area contributed by atoms with Crippen molar-refractivity contribution in [3.8, 4) is 17.1 Å². The molecule has 0 unspecified atom stereocenters. The summed E-state index contributed by atoms with van der Waals surface area (Å²) < 4.78 is 5.51. The first-order valence-corrected chi connectivity index (χ1v) is 8.81. The number of nitro groups is 1. The molecule has 3 aromatic carbocycles. The highest BCUT2D eigenvalue weighted by Gasteiger charge is 2.11. The predicted molar refractivity (Wildman–Crippen MR) is 109 cm³/mol. The first-order chi connectivity index (χ1) is 14.1. The molecule has 0 bridgehead atoms. The summed E-state index contributed by atoms with van der Waals surface area (Å²) in [6.07, 6.45) is 0. The third-order valence-corrected chi connectivity index (χ3v) is 4.23. The third kappa shape index (κ3) is 4.22. The Labute approximate surface area is 165 Å². The maximum Gasteiger partial charge on any atom is 0.271 e. The lowest BCUT2D eigenvalue weighted by Crippen LogP contribution is -2.20. The van der Waals surface area contributed by atoms with Gasteiger partial charge in [0.2, 0.25) is 0 Å². The molecule has 0 saturated carbocycles. The van der Waals surface area contributed by atoms with E-state index in [4.69, 9.17) is 4.74 Å². The molecule has 1 aromatic heterocycles. The lowest BCUT2D eigenvalue weighted by atomic mass is 10.2. The molecule has 4 rings (SSSR count). The predicted octanol–water partition coefficient (Wildman–Crippen LogP) is 4.16.